The number of carbonyl (C=O) groups is 2. The summed E-state index contributed by atoms with van der Waals surface area (Å²) in [4.78, 5) is 22.6. The van der Waals surface area contributed by atoms with E-state index in [9.17, 15) is 14.7 Å². The monoisotopic (exact) mass is 216 g/mol. The summed E-state index contributed by atoms with van der Waals surface area (Å²) in [6.07, 6.45) is 0. The molecule has 0 saturated carbocycles. The molecule has 0 bridgehead atoms. The molecule has 0 saturated heterocycles. The maximum atomic E-state index is 11.5. The van der Waals surface area contributed by atoms with E-state index in [-0.39, 0.29) is 0 Å². The molecule has 1 aromatic rings. The summed E-state index contributed by atoms with van der Waals surface area (Å²) in [7, 11) is 0. The summed E-state index contributed by atoms with van der Waals surface area (Å²) in [5.74, 6) is -0.609. The summed E-state index contributed by atoms with van der Waals surface area (Å²) in [5, 5.41) is 10.3. The van der Waals surface area contributed by atoms with Gasteiger partial charge in [0.15, 0.2) is 5.60 Å². The Morgan fingerprint density at radius 1 is 1.62 bits per heavy atom. The highest BCUT2D eigenvalue weighted by molar-refractivity contribution is 7.97. The fourth-order valence-electron chi connectivity index (χ4n) is 0.745. The Morgan fingerprint density at radius 2 is 2.23 bits per heavy atom. The fraction of sp³-hybridized carbons (Fsp3) is 0.250. The van der Waals surface area contributed by atoms with Gasteiger partial charge >= 0.3 is 0 Å². The highest BCUT2D eigenvalue weighted by atomic mass is 32.1. The lowest BCUT2D eigenvalue weighted by Gasteiger charge is -2.15. The maximum Gasteiger partial charge on any atom is 0.225 e. The molecule has 1 heterocycles. The van der Waals surface area contributed by atoms with Crippen molar-refractivity contribution in [1.82, 2.24) is 0 Å². The lowest BCUT2D eigenvalue weighted by Crippen LogP contribution is -2.40. The van der Waals surface area contributed by atoms with E-state index in [0.29, 0.717) is 4.88 Å². The molecule has 0 aromatic carbocycles. The lowest BCUT2D eigenvalue weighted by molar-refractivity contribution is -0.122. The molecule has 3 nitrogen and oxygen atoms in total. The van der Waals surface area contributed by atoms with Crippen LogP contribution < -0.4 is 0 Å². The molecule has 1 rings (SSSR count). The lowest BCUT2D eigenvalue weighted by atomic mass is 10.0. The van der Waals surface area contributed by atoms with Crippen LogP contribution in [0.1, 0.15) is 16.6 Å². The molecule has 0 aliphatic heterocycles. The van der Waals surface area contributed by atoms with Crippen LogP contribution in [0, 0.1) is 0 Å². The van der Waals surface area contributed by atoms with E-state index in [4.69, 9.17) is 0 Å². The topological polar surface area (TPSA) is 54.4 Å². The molecule has 1 N–H and O–H groups in total. The van der Waals surface area contributed by atoms with Gasteiger partial charge in [0.05, 0.1) is 4.88 Å². The van der Waals surface area contributed by atoms with Crippen LogP contribution in [0.2, 0.25) is 0 Å². The quantitative estimate of drug-likeness (QED) is 0.452. The first kappa shape index (κ1) is 10.4. The molecule has 0 spiro atoms. The number of thiol groups is 1. The molecule has 1 unspecified atom stereocenters. The Balaban J connectivity index is 2.98. The molecule has 1 aromatic heterocycles. The van der Waals surface area contributed by atoms with Gasteiger partial charge in [-0.1, -0.05) is 6.07 Å². The average molecular weight is 216 g/mol. The van der Waals surface area contributed by atoms with Gasteiger partial charge in [-0.05, 0) is 18.4 Å². The summed E-state index contributed by atoms with van der Waals surface area (Å²) in [6, 6.07) is 3.23. The Kier molecular flexibility index (Phi) is 2.90. The van der Waals surface area contributed by atoms with Gasteiger partial charge in [-0.2, -0.15) is 0 Å². The van der Waals surface area contributed by atoms with Crippen molar-refractivity contribution in [2.75, 3.05) is 0 Å². The van der Waals surface area contributed by atoms with Gasteiger partial charge in [0, 0.05) is 0 Å². The fourth-order valence-corrected chi connectivity index (χ4v) is 1.61. The zero-order valence-electron chi connectivity index (χ0n) is 6.85. The third-order valence-electron chi connectivity index (χ3n) is 1.60. The number of hydrogen-bond acceptors (Lipinski definition) is 4. The van der Waals surface area contributed by atoms with Gasteiger partial charge in [-0.3, -0.25) is 9.59 Å². The number of carbonyl (C=O) groups excluding carboxylic acids is 2. The predicted molar refractivity (Wildman–Crippen MR) is 53.3 cm³/mol. The molecule has 0 fully saturated rings. The Morgan fingerprint density at radius 3 is 2.62 bits per heavy atom. The summed E-state index contributed by atoms with van der Waals surface area (Å²) in [5.41, 5.74) is -2.02. The van der Waals surface area contributed by atoms with Crippen molar-refractivity contribution >= 4 is 34.9 Å². The maximum absolute atomic E-state index is 11.5. The van der Waals surface area contributed by atoms with Crippen LogP contribution in [0.25, 0.3) is 0 Å². The van der Waals surface area contributed by atoms with Gasteiger partial charge in [-0.25, -0.2) is 0 Å². The highest BCUT2D eigenvalue weighted by Gasteiger charge is 2.37. The number of Topliss-reactive ketones (excluding diaryl/α,β-unsaturated/α-hetero) is 1. The normalized spacial score (nSPS) is 15.0. The second-order valence-corrected chi connectivity index (χ2v) is 4.04. The van der Waals surface area contributed by atoms with Gasteiger partial charge in [0.1, 0.15) is 0 Å². The Bertz CT molecular complexity index is 327. The van der Waals surface area contributed by atoms with E-state index in [1.165, 1.54) is 11.3 Å². The van der Waals surface area contributed by atoms with Gasteiger partial charge in [0.25, 0.3) is 0 Å². The zero-order valence-corrected chi connectivity index (χ0v) is 8.56. The van der Waals surface area contributed by atoms with Crippen molar-refractivity contribution in [3.05, 3.63) is 22.4 Å². The predicted octanol–water partition coefficient (Wildman–Crippen LogP) is 1.14. The van der Waals surface area contributed by atoms with Crippen LogP contribution in [0.15, 0.2) is 17.5 Å². The van der Waals surface area contributed by atoms with Crippen LogP contribution in [-0.4, -0.2) is 21.6 Å². The smallest absolute Gasteiger partial charge is 0.225 e. The number of hydrogen-bond donors (Lipinski definition) is 2. The molecular weight excluding hydrogens is 208 g/mol. The van der Waals surface area contributed by atoms with Crippen molar-refractivity contribution in [2.45, 2.75) is 12.5 Å². The molecule has 5 heteroatoms. The summed E-state index contributed by atoms with van der Waals surface area (Å²) >= 11 is 4.62. The van der Waals surface area contributed by atoms with E-state index in [1.54, 1.807) is 17.5 Å². The van der Waals surface area contributed by atoms with E-state index in [2.05, 4.69) is 12.6 Å². The van der Waals surface area contributed by atoms with Crippen molar-refractivity contribution in [3.63, 3.8) is 0 Å². The van der Waals surface area contributed by atoms with Crippen LogP contribution in [0.3, 0.4) is 0 Å². The first-order valence-corrected chi connectivity index (χ1v) is 4.83. The highest BCUT2D eigenvalue weighted by Crippen LogP contribution is 2.19. The van der Waals surface area contributed by atoms with E-state index in [1.807, 2.05) is 0 Å². The third kappa shape index (κ3) is 1.99. The van der Waals surface area contributed by atoms with Crippen molar-refractivity contribution in [3.8, 4) is 0 Å². The molecule has 0 aliphatic carbocycles. The molecule has 0 radical (unpaired) electrons. The minimum atomic E-state index is -2.02. The van der Waals surface area contributed by atoms with E-state index < -0.39 is 16.5 Å². The second kappa shape index (κ2) is 3.61. The third-order valence-corrected chi connectivity index (χ3v) is 2.91. The molecule has 0 aliphatic rings. The van der Waals surface area contributed by atoms with Crippen LogP contribution in [0.5, 0.6) is 0 Å². The van der Waals surface area contributed by atoms with Crippen LogP contribution in [-0.2, 0) is 4.79 Å². The van der Waals surface area contributed by atoms with Gasteiger partial charge in [-0.15, -0.1) is 24.0 Å². The largest absolute Gasteiger partial charge is 0.374 e. The molecule has 13 heavy (non-hydrogen) atoms. The van der Waals surface area contributed by atoms with E-state index in [0.717, 1.165) is 6.92 Å². The number of ketones is 1. The molecule has 0 amide bonds. The zero-order chi connectivity index (χ0) is 10.1. The minimum absolute atomic E-state index is 0.354. The van der Waals surface area contributed by atoms with Gasteiger partial charge < -0.3 is 5.11 Å². The van der Waals surface area contributed by atoms with Crippen molar-refractivity contribution in [1.29, 1.82) is 0 Å². The van der Waals surface area contributed by atoms with Crippen molar-refractivity contribution < 1.29 is 14.7 Å². The Hall–Kier alpha value is -0.650. The van der Waals surface area contributed by atoms with Crippen molar-refractivity contribution in [2.24, 2.45) is 0 Å². The summed E-state index contributed by atoms with van der Waals surface area (Å²) < 4.78 is 0. The van der Waals surface area contributed by atoms with Crippen LogP contribution >= 0.6 is 24.0 Å². The van der Waals surface area contributed by atoms with Gasteiger partial charge in [0.2, 0.25) is 10.9 Å². The van der Waals surface area contributed by atoms with Crippen LogP contribution in [0.4, 0.5) is 0 Å². The molecule has 1 atom stereocenters. The first-order valence-electron chi connectivity index (χ1n) is 3.50. The average Bonchev–Trinajstić information content (AvgIpc) is 2.54. The summed E-state index contributed by atoms with van der Waals surface area (Å²) in [6.45, 7) is 1.14. The van der Waals surface area contributed by atoms with E-state index >= 15 is 0 Å². The first-order chi connectivity index (χ1) is 5.96. The Labute approximate surface area is 84.8 Å². The molecular formula is C8H8O3S2. The minimum Gasteiger partial charge on any atom is -0.374 e. The second-order valence-electron chi connectivity index (χ2n) is 2.68. The SMILES string of the molecule is CC(O)(C(=O)S)C(=O)c1cccs1. The standard InChI is InChI=1S/C8H8O3S2/c1-8(11,7(10)12)6(9)5-3-2-4-13-5/h2-4,11H,1H3,(H,10,12). The number of aliphatic hydroxyl groups is 1. The molecule has 70 valence electrons. The number of rotatable bonds is 3. The number of thiophene rings is 1.